The first-order valence-corrected chi connectivity index (χ1v) is 8.89. The van der Waals surface area contributed by atoms with Gasteiger partial charge in [-0.15, -0.1) is 0 Å². The third kappa shape index (κ3) is 4.76. The average molecular weight is 353 g/mol. The fourth-order valence-corrected chi connectivity index (χ4v) is 3.44. The van der Waals surface area contributed by atoms with E-state index in [9.17, 15) is 13.2 Å². The Morgan fingerprint density at radius 2 is 1.81 bits per heavy atom. The van der Waals surface area contributed by atoms with Gasteiger partial charge in [0.05, 0.1) is 17.0 Å². The first-order chi connectivity index (χ1) is 9.54. The van der Waals surface area contributed by atoms with Crippen molar-refractivity contribution < 1.29 is 13.2 Å². The Morgan fingerprint density at radius 1 is 1.24 bits per heavy atom. The monoisotopic (exact) mass is 352 g/mol. The van der Waals surface area contributed by atoms with E-state index in [1.54, 1.807) is 19.9 Å². The minimum absolute atomic E-state index is 0.101. The van der Waals surface area contributed by atoms with Crippen LogP contribution in [0.15, 0.2) is 18.2 Å². The molecule has 1 unspecified atom stereocenters. The number of carbonyl (C=O) groups excluding carboxylic acids is 1. The number of hydrogen-bond acceptors (Lipinski definition) is 3. The SMILES string of the molecule is CC(C)NC(=O)C(C)N(c1cc(Cl)ccc1Cl)S(C)(=O)=O. The fraction of sp³-hybridized carbons (Fsp3) is 0.462. The van der Waals surface area contributed by atoms with Gasteiger partial charge in [-0.1, -0.05) is 23.2 Å². The maximum atomic E-state index is 12.1. The van der Waals surface area contributed by atoms with Crippen molar-refractivity contribution in [1.29, 1.82) is 0 Å². The summed E-state index contributed by atoms with van der Waals surface area (Å²) >= 11 is 12.0. The molecule has 0 saturated carbocycles. The van der Waals surface area contributed by atoms with Crippen molar-refractivity contribution in [2.75, 3.05) is 10.6 Å². The van der Waals surface area contributed by atoms with Crippen molar-refractivity contribution in [3.63, 3.8) is 0 Å². The molecule has 0 saturated heterocycles. The Hall–Kier alpha value is -0.980. The first-order valence-electron chi connectivity index (χ1n) is 6.29. The third-order valence-electron chi connectivity index (χ3n) is 2.67. The quantitative estimate of drug-likeness (QED) is 0.885. The summed E-state index contributed by atoms with van der Waals surface area (Å²) < 4.78 is 25.1. The van der Waals surface area contributed by atoms with Gasteiger partial charge in [-0.3, -0.25) is 9.10 Å². The van der Waals surface area contributed by atoms with Crippen molar-refractivity contribution in [1.82, 2.24) is 5.32 Å². The van der Waals surface area contributed by atoms with Crippen molar-refractivity contribution in [3.05, 3.63) is 28.2 Å². The molecule has 1 atom stereocenters. The van der Waals surface area contributed by atoms with Crippen molar-refractivity contribution >= 4 is 44.8 Å². The number of halogens is 2. The summed E-state index contributed by atoms with van der Waals surface area (Å²) in [7, 11) is -3.71. The molecule has 0 bridgehead atoms. The summed E-state index contributed by atoms with van der Waals surface area (Å²) in [4.78, 5) is 12.1. The predicted octanol–water partition coefficient (Wildman–Crippen LogP) is 2.67. The molecule has 1 N–H and O–H groups in total. The Morgan fingerprint density at radius 3 is 2.29 bits per heavy atom. The average Bonchev–Trinajstić information content (AvgIpc) is 2.31. The molecule has 8 heteroatoms. The highest BCUT2D eigenvalue weighted by atomic mass is 35.5. The van der Waals surface area contributed by atoms with Crippen LogP contribution in [0, 0.1) is 0 Å². The van der Waals surface area contributed by atoms with E-state index >= 15 is 0 Å². The minimum atomic E-state index is -3.71. The molecule has 1 aromatic rings. The minimum Gasteiger partial charge on any atom is -0.352 e. The summed E-state index contributed by atoms with van der Waals surface area (Å²) in [5.74, 6) is -0.411. The van der Waals surface area contributed by atoms with Crippen LogP contribution in [0.3, 0.4) is 0 Å². The zero-order chi connectivity index (χ0) is 16.4. The molecule has 0 radical (unpaired) electrons. The molecule has 1 rings (SSSR count). The van der Waals surface area contributed by atoms with Crippen LogP contribution in [-0.4, -0.2) is 32.7 Å². The van der Waals surface area contributed by atoms with Gasteiger partial charge >= 0.3 is 0 Å². The standard InChI is InChI=1S/C13H18Cl2N2O3S/c1-8(2)16-13(18)9(3)17(21(4,19)20)12-7-10(14)5-6-11(12)15/h5-9H,1-4H3,(H,16,18). The van der Waals surface area contributed by atoms with Crippen LogP contribution in [0.1, 0.15) is 20.8 Å². The molecule has 118 valence electrons. The van der Waals surface area contributed by atoms with Crippen LogP contribution in [0.2, 0.25) is 10.0 Å². The predicted molar refractivity (Wildman–Crippen MR) is 86.5 cm³/mol. The molecule has 5 nitrogen and oxygen atoms in total. The van der Waals surface area contributed by atoms with Crippen LogP contribution in [-0.2, 0) is 14.8 Å². The summed E-state index contributed by atoms with van der Waals surface area (Å²) in [5, 5.41) is 3.21. The van der Waals surface area contributed by atoms with E-state index in [0.717, 1.165) is 10.6 Å². The molecule has 0 aliphatic heterocycles. The summed E-state index contributed by atoms with van der Waals surface area (Å²) in [6, 6.07) is 3.41. The first kappa shape index (κ1) is 18.1. The Balaban J connectivity index is 3.31. The van der Waals surface area contributed by atoms with Gasteiger partial charge in [-0.25, -0.2) is 8.42 Å². The largest absolute Gasteiger partial charge is 0.352 e. The molecule has 21 heavy (non-hydrogen) atoms. The lowest BCUT2D eigenvalue weighted by Crippen LogP contribution is -2.49. The molecule has 0 aliphatic carbocycles. The van der Waals surface area contributed by atoms with Gasteiger partial charge in [-0.2, -0.15) is 0 Å². The van der Waals surface area contributed by atoms with Crippen LogP contribution >= 0.6 is 23.2 Å². The number of nitrogens with zero attached hydrogens (tertiary/aromatic N) is 1. The van der Waals surface area contributed by atoms with Crippen LogP contribution < -0.4 is 9.62 Å². The topological polar surface area (TPSA) is 66.5 Å². The fourth-order valence-electron chi connectivity index (χ4n) is 1.84. The lowest BCUT2D eigenvalue weighted by atomic mass is 10.2. The number of anilines is 1. The van der Waals surface area contributed by atoms with Crippen LogP contribution in [0.25, 0.3) is 0 Å². The van der Waals surface area contributed by atoms with Gasteiger partial charge in [0.2, 0.25) is 15.9 Å². The Kier molecular flexibility index (Phi) is 5.90. The lowest BCUT2D eigenvalue weighted by molar-refractivity contribution is -0.122. The number of sulfonamides is 1. The molecule has 0 heterocycles. The van der Waals surface area contributed by atoms with E-state index in [-0.39, 0.29) is 16.8 Å². The van der Waals surface area contributed by atoms with E-state index in [1.165, 1.54) is 19.1 Å². The smallest absolute Gasteiger partial charge is 0.243 e. The molecule has 0 aliphatic rings. The van der Waals surface area contributed by atoms with E-state index in [0.29, 0.717) is 5.02 Å². The zero-order valence-electron chi connectivity index (χ0n) is 12.2. The van der Waals surface area contributed by atoms with Crippen LogP contribution in [0.5, 0.6) is 0 Å². The maximum Gasteiger partial charge on any atom is 0.243 e. The second-order valence-corrected chi connectivity index (χ2v) is 7.70. The Labute approximate surface area is 135 Å². The molecular weight excluding hydrogens is 335 g/mol. The second kappa shape index (κ2) is 6.85. The van der Waals surface area contributed by atoms with Gasteiger partial charge in [0.25, 0.3) is 0 Å². The molecular formula is C13H18Cl2N2O3S. The zero-order valence-corrected chi connectivity index (χ0v) is 14.6. The van der Waals surface area contributed by atoms with E-state index < -0.39 is 22.0 Å². The normalized spacial score (nSPS) is 13.1. The molecule has 0 aromatic heterocycles. The molecule has 1 aromatic carbocycles. The molecule has 0 spiro atoms. The summed E-state index contributed by atoms with van der Waals surface area (Å²) in [5.41, 5.74) is 0.179. The van der Waals surface area contributed by atoms with E-state index in [2.05, 4.69) is 5.32 Å². The van der Waals surface area contributed by atoms with E-state index in [4.69, 9.17) is 23.2 Å². The Bertz CT molecular complexity index is 632. The number of rotatable bonds is 5. The highest BCUT2D eigenvalue weighted by Crippen LogP contribution is 2.32. The van der Waals surface area contributed by atoms with Gasteiger partial charge in [0.15, 0.2) is 0 Å². The number of carbonyl (C=O) groups is 1. The van der Waals surface area contributed by atoms with Crippen molar-refractivity contribution in [3.8, 4) is 0 Å². The van der Waals surface area contributed by atoms with Crippen molar-refractivity contribution in [2.24, 2.45) is 0 Å². The molecule has 0 fully saturated rings. The number of hydrogen-bond donors (Lipinski definition) is 1. The van der Waals surface area contributed by atoms with Gasteiger partial charge in [0.1, 0.15) is 6.04 Å². The highest BCUT2D eigenvalue weighted by molar-refractivity contribution is 7.92. The second-order valence-electron chi connectivity index (χ2n) is 4.99. The lowest BCUT2D eigenvalue weighted by Gasteiger charge is -2.29. The van der Waals surface area contributed by atoms with Crippen molar-refractivity contribution in [2.45, 2.75) is 32.9 Å². The maximum absolute atomic E-state index is 12.1. The van der Waals surface area contributed by atoms with Gasteiger partial charge < -0.3 is 5.32 Å². The summed E-state index contributed by atoms with van der Waals surface area (Å²) in [6.07, 6.45) is 1.02. The third-order valence-corrected chi connectivity index (χ3v) is 4.45. The number of benzene rings is 1. The molecule has 1 amide bonds. The van der Waals surface area contributed by atoms with E-state index in [1.807, 2.05) is 0 Å². The van der Waals surface area contributed by atoms with Gasteiger partial charge in [-0.05, 0) is 39.0 Å². The number of amides is 1. The number of nitrogens with one attached hydrogen (secondary N) is 1. The van der Waals surface area contributed by atoms with Gasteiger partial charge in [0, 0.05) is 11.1 Å². The highest BCUT2D eigenvalue weighted by Gasteiger charge is 2.30. The van der Waals surface area contributed by atoms with Crippen LogP contribution in [0.4, 0.5) is 5.69 Å². The summed E-state index contributed by atoms with van der Waals surface area (Å²) in [6.45, 7) is 5.08.